The van der Waals surface area contributed by atoms with Crippen molar-refractivity contribution < 1.29 is 23.9 Å². The van der Waals surface area contributed by atoms with Gasteiger partial charge in [-0.05, 0) is 49.6 Å². The average Bonchev–Trinajstić information content (AvgIpc) is 3.21. The molecule has 1 atom stereocenters. The molecule has 170 valence electrons. The van der Waals surface area contributed by atoms with Gasteiger partial charge >= 0.3 is 11.9 Å². The van der Waals surface area contributed by atoms with E-state index >= 15 is 0 Å². The van der Waals surface area contributed by atoms with Gasteiger partial charge in [-0.3, -0.25) is 14.4 Å². The van der Waals surface area contributed by atoms with Gasteiger partial charge < -0.3 is 19.8 Å². The molecule has 0 saturated heterocycles. The van der Waals surface area contributed by atoms with Crippen molar-refractivity contribution >= 4 is 28.9 Å². The molecule has 2 N–H and O–H groups in total. The highest BCUT2D eigenvalue weighted by Crippen LogP contribution is 2.08. The molecule has 0 spiro atoms. The Kier molecular flexibility index (Phi) is 7.25. The Bertz CT molecular complexity index is 1310. The molecular formula is C23H22N4O6. The number of aryl methyl sites for hydroxylation is 1. The second-order valence-corrected chi connectivity index (χ2v) is 7.11. The second kappa shape index (κ2) is 10.3. The number of benzene rings is 1. The smallest absolute Gasteiger partial charge is 0.328 e. The van der Waals surface area contributed by atoms with Crippen LogP contribution < -0.4 is 10.9 Å². The highest BCUT2D eigenvalue weighted by atomic mass is 16.5. The molecule has 0 unspecified atom stereocenters. The van der Waals surface area contributed by atoms with Crippen LogP contribution in [0.15, 0.2) is 41.5 Å². The van der Waals surface area contributed by atoms with Crippen molar-refractivity contribution in [2.24, 2.45) is 0 Å². The first-order chi connectivity index (χ1) is 15.8. The van der Waals surface area contributed by atoms with Crippen molar-refractivity contribution in [1.82, 2.24) is 19.9 Å². The molecular weight excluding hydrogens is 428 g/mol. The van der Waals surface area contributed by atoms with E-state index in [0.29, 0.717) is 16.6 Å². The van der Waals surface area contributed by atoms with E-state index in [1.54, 1.807) is 18.2 Å². The first-order valence-electron chi connectivity index (χ1n) is 9.97. The van der Waals surface area contributed by atoms with Gasteiger partial charge in [-0.1, -0.05) is 0 Å². The van der Waals surface area contributed by atoms with E-state index < -0.39 is 23.9 Å². The Hall–Kier alpha value is -4.39. The van der Waals surface area contributed by atoms with Gasteiger partial charge in [-0.2, -0.15) is 0 Å². The maximum atomic E-state index is 12.5. The summed E-state index contributed by atoms with van der Waals surface area (Å²) in [4.78, 5) is 55.4. The molecule has 3 rings (SSSR count). The SMILES string of the molecule is COC(=O)CC[C@H](NC(=O)c1ccc(C#Cn2cnc3[nH]c(C)cc3c2=O)cc1)C(=O)OC. The zero-order valence-corrected chi connectivity index (χ0v) is 18.3. The fourth-order valence-electron chi connectivity index (χ4n) is 3.04. The number of nitrogens with one attached hydrogen (secondary N) is 2. The number of hydrogen-bond donors (Lipinski definition) is 2. The number of ether oxygens (including phenoxy) is 2. The fourth-order valence-corrected chi connectivity index (χ4v) is 3.04. The van der Waals surface area contributed by atoms with E-state index in [1.807, 2.05) is 6.92 Å². The normalized spacial score (nSPS) is 11.2. The summed E-state index contributed by atoms with van der Waals surface area (Å²) in [5.74, 6) is 1.18. The van der Waals surface area contributed by atoms with Crippen molar-refractivity contribution in [1.29, 1.82) is 0 Å². The number of amides is 1. The van der Waals surface area contributed by atoms with E-state index in [4.69, 9.17) is 0 Å². The number of aromatic amines is 1. The number of carbonyl (C=O) groups is 3. The minimum atomic E-state index is -0.993. The largest absolute Gasteiger partial charge is 0.469 e. The molecule has 0 aliphatic heterocycles. The third kappa shape index (κ3) is 5.65. The van der Waals surface area contributed by atoms with Crippen molar-refractivity contribution in [2.45, 2.75) is 25.8 Å². The number of aromatic nitrogens is 3. The Balaban J connectivity index is 1.71. The van der Waals surface area contributed by atoms with Crippen LogP contribution in [0.4, 0.5) is 0 Å². The standard InChI is InChI=1S/C23H22N4O6/c1-14-12-17-20(25-14)24-13-27(22(17)30)11-10-15-4-6-16(7-5-15)21(29)26-18(23(31)33-3)8-9-19(28)32-2/h4-7,12-13,18,25H,8-9H2,1-3H3,(H,26,29)/t18-/m0/s1. The van der Waals surface area contributed by atoms with Gasteiger partial charge in [0.25, 0.3) is 11.5 Å². The molecule has 33 heavy (non-hydrogen) atoms. The second-order valence-electron chi connectivity index (χ2n) is 7.11. The van der Waals surface area contributed by atoms with Crippen molar-refractivity contribution in [3.63, 3.8) is 0 Å². The Morgan fingerprint density at radius 2 is 1.91 bits per heavy atom. The van der Waals surface area contributed by atoms with Crippen LogP contribution >= 0.6 is 0 Å². The summed E-state index contributed by atoms with van der Waals surface area (Å²) in [6, 6.07) is 9.75. The highest BCUT2D eigenvalue weighted by molar-refractivity contribution is 5.97. The van der Waals surface area contributed by atoms with Gasteiger partial charge in [0.15, 0.2) is 0 Å². The lowest BCUT2D eigenvalue weighted by molar-refractivity contribution is -0.144. The maximum absolute atomic E-state index is 12.5. The van der Waals surface area contributed by atoms with Crippen LogP contribution in [-0.4, -0.2) is 52.6 Å². The molecule has 10 heteroatoms. The molecule has 0 aliphatic carbocycles. The Morgan fingerprint density at radius 1 is 1.18 bits per heavy atom. The Labute approximate surface area is 188 Å². The zero-order valence-electron chi connectivity index (χ0n) is 18.3. The van der Waals surface area contributed by atoms with Crippen LogP contribution in [0.3, 0.4) is 0 Å². The number of hydrogen-bond acceptors (Lipinski definition) is 7. The van der Waals surface area contributed by atoms with Crippen LogP contribution in [0.5, 0.6) is 0 Å². The number of carbonyl (C=O) groups excluding carboxylic acids is 3. The fraction of sp³-hybridized carbons (Fsp3) is 0.261. The first kappa shape index (κ1) is 23.3. The van der Waals surface area contributed by atoms with Crippen molar-refractivity contribution in [3.8, 4) is 12.0 Å². The first-order valence-corrected chi connectivity index (χ1v) is 9.97. The van der Waals surface area contributed by atoms with Crippen molar-refractivity contribution in [3.05, 3.63) is 63.8 Å². The molecule has 0 radical (unpaired) electrons. The van der Waals surface area contributed by atoms with Gasteiger partial charge in [-0.15, -0.1) is 0 Å². The number of esters is 2. The summed E-state index contributed by atoms with van der Waals surface area (Å²) >= 11 is 0. The molecule has 0 fully saturated rings. The molecule has 1 amide bonds. The number of methoxy groups -OCH3 is 2. The lowest BCUT2D eigenvalue weighted by atomic mass is 10.1. The zero-order chi connectivity index (χ0) is 24.0. The molecule has 10 nitrogen and oxygen atoms in total. The Morgan fingerprint density at radius 3 is 2.58 bits per heavy atom. The quantitative estimate of drug-likeness (QED) is 0.425. The van der Waals surface area contributed by atoms with E-state index in [2.05, 4.69) is 36.7 Å². The number of H-pyrrole nitrogens is 1. The average molecular weight is 450 g/mol. The topological polar surface area (TPSA) is 132 Å². The molecule has 2 heterocycles. The molecule has 2 aromatic heterocycles. The predicted molar refractivity (Wildman–Crippen MR) is 118 cm³/mol. The third-order valence-corrected chi connectivity index (χ3v) is 4.81. The summed E-state index contributed by atoms with van der Waals surface area (Å²) in [6.07, 6.45) is 1.34. The van der Waals surface area contributed by atoms with Gasteiger partial charge in [0, 0.05) is 29.3 Å². The third-order valence-electron chi connectivity index (χ3n) is 4.81. The minimum Gasteiger partial charge on any atom is -0.469 e. The van der Waals surface area contributed by atoms with Gasteiger partial charge in [0.1, 0.15) is 18.0 Å². The molecule has 0 aliphatic rings. The van der Waals surface area contributed by atoms with E-state index in [-0.39, 0.29) is 24.0 Å². The number of rotatable bonds is 6. The minimum absolute atomic E-state index is 0.0441. The van der Waals surface area contributed by atoms with E-state index in [0.717, 1.165) is 5.69 Å². The van der Waals surface area contributed by atoms with Gasteiger partial charge in [0.05, 0.1) is 19.6 Å². The number of fused-ring (bicyclic) bond motifs is 1. The monoisotopic (exact) mass is 450 g/mol. The van der Waals surface area contributed by atoms with Crippen LogP contribution in [-0.2, 0) is 19.1 Å². The van der Waals surface area contributed by atoms with E-state index in [1.165, 1.54) is 37.2 Å². The summed E-state index contributed by atoms with van der Waals surface area (Å²) in [5.41, 5.74) is 1.90. The summed E-state index contributed by atoms with van der Waals surface area (Å²) in [7, 11) is 2.44. The van der Waals surface area contributed by atoms with Crippen LogP contribution in [0.2, 0.25) is 0 Å². The summed E-state index contributed by atoms with van der Waals surface area (Å²) in [5, 5.41) is 3.00. The number of nitrogens with zero attached hydrogens (tertiary/aromatic N) is 2. The lowest BCUT2D eigenvalue weighted by Crippen LogP contribution is -2.41. The molecule has 0 bridgehead atoms. The van der Waals surface area contributed by atoms with E-state index in [9.17, 15) is 19.2 Å². The molecule has 3 aromatic rings. The summed E-state index contributed by atoms with van der Waals surface area (Å²) < 4.78 is 10.4. The maximum Gasteiger partial charge on any atom is 0.328 e. The molecule has 0 saturated carbocycles. The van der Waals surface area contributed by atoms with Crippen LogP contribution in [0.25, 0.3) is 11.0 Å². The van der Waals surface area contributed by atoms with Crippen molar-refractivity contribution in [2.75, 3.05) is 14.2 Å². The van der Waals surface area contributed by atoms with Crippen LogP contribution in [0, 0.1) is 18.9 Å². The highest BCUT2D eigenvalue weighted by Gasteiger charge is 2.23. The predicted octanol–water partition coefficient (Wildman–Crippen LogP) is 1.11. The summed E-state index contributed by atoms with van der Waals surface area (Å²) in [6.45, 7) is 1.83. The molecule has 1 aromatic carbocycles. The van der Waals surface area contributed by atoms with Gasteiger partial charge in [0.2, 0.25) is 0 Å². The van der Waals surface area contributed by atoms with Gasteiger partial charge in [-0.25, -0.2) is 14.3 Å². The lowest BCUT2D eigenvalue weighted by Gasteiger charge is -2.16. The van der Waals surface area contributed by atoms with Crippen LogP contribution in [0.1, 0.15) is 34.5 Å².